The molecule has 0 aliphatic rings. The fourth-order valence-electron chi connectivity index (χ4n) is 5.11. The zero-order chi connectivity index (χ0) is 33.9. The molecule has 0 aliphatic heterocycles. The molecule has 0 saturated carbocycles. The van der Waals surface area contributed by atoms with Crippen LogP contribution >= 0.6 is 0 Å². The zero-order valence-electron chi connectivity index (χ0n) is 26.2. The van der Waals surface area contributed by atoms with Crippen LogP contribution < -0.4 is 16.4 Å². The highest BCUT2D eigenvalue weighted by atomic mass is 32.2. The van der Waals surface area contributed by atoms with Crippen LogP contribution in [0.4, 0.5) is 19.3 Å². The van der Waals surface area contributed by atoms with E-state index in [9.17, 15) is 31.9 Å². The molecule has 3 rings (SSSR count). The fourth-order valence-corrected chi connectivity index (χ4v) is 6.95. The molecule has 46 heavy (non-hydrogen) atoms. The maximum absolute atomic E-state index is 14.0. The van der Waals surface area contributed by atoms with Crippen LogP contribution in [0.25, 0.3) is 11.1 Å². The smallest absolute Gasteiger partial charge is 0.406 e. The number of unbranched alkanes of at least 4 members (excludes halogenated alkanes) is 1. The number of carbonyl (C=O) groups excluding carboxylic acids is 2. The minimum atomic E-state index is -4.10. The number of carbonyl (C=O) groups is 2. The molecule has 0 aromatic heterocycles. The van der Waals surface area contributed by atoms with Gasteiger partial charge in [0.1, 0.15) is 11.6 Å². The van der Waals surface area contributed by atoms with Gasteiger partial charge < -0.3 is 26.2 Å². The first-order valence-electron chi connectivity index (χ1n) is 15.0. The third-order valence-electron chi connectivity index (χ3n) is 7.42. The number of nitrogens with one attached hydrogen (secondary N) is 2. The molecule has 2 atom stereocenters. The van der Waals surface area contributed by atoms with E-state index in [1.54, 1.807) is 36.4 Å². The third-order valence-corrected chi connectivity index (χ3v) is 9.34. The molecule has 10 nitrogen and oxygen atoms in total. The Labute approximate surface area is 269 Å². The van der Waals surface area contributed by atoms with Crippen LogP contribution in [0.1, 0.15) is 44.6 Å². The van der Waals surface area contributed by atoms with Crippen LogP contribution in [0.5, 0.6) is 0 Å². The van der Waals surface area contributed by atoms with Crippen LogP contribution in [0.3, 0.4) is 0 Å². The number of halogens is 2. The number of rotatable bonds is 16. The van der Waals surface area contributed by atoms with Crippen molar-refractivity contribution in [2.45, 2.75) is 50.0 Å². The van der Waals surface area contributed by atoms with Crippen molar-refractivity contribution in [2.75, 3.05) is 39.1 Å². The summed E-state index contributed by atoms with van der Waals surface area (Å²) < 4.78 is 60.7. The number of anilines is 1. The lowest BCUT2D eigenvalue weighted by atomic mass is 9.89. The number of nitrogen functional groups attached to an aromatic ring is 1. The predicted octanol–water partition coefficient (Wildman–Crippen LogP) is 4.65. The highest BCUT2D eigenvalue weighted by Crippen LogP contribution is 2.30. The number of aliphatic hydroxyl groups excluding tert-OH is 1. The molecule has 0 radical (unpaired) electrons. The number of alkyl carbamates (subject to hydrolysis) is 1. The Morgan fingerprint density at radius 2 is 1.74 bits per heavy atom. The van der Waals surface area contributed by atoms with Gasteiger partial charge in [0, 0.05) is 25.7 Å². The van der Waals surface area contributed by atoms with Gasteiger partial charge in [0.15, 0.2) is 0 Å². The van der Waals surface area contributed by atoms with Gasteiger partial charge in [-0.3, -0.25) is 4.79 Å². The van der Waals surface area contributed by atoms with E-state index in [2.05, 4.69) is 15.4 Å². The third kappa shape index (κ3) is 9.71. The van der Waals surface area contributed by atoms with Crippen LogP contribution in [0, 0.1) is 17.6 Å². The molecule has 0 saturated heterocycles. The second-order valence-electron chi connectivity index (χ2n) is 11.3. The van der Waals surface area contributed by atoms with Crippen LogP contribution in [-0.2, 0) is 19.6 Å². The lowest BCUT2D eigenvalue weighted by Crippen LogP contribution is -2.44. The van der Waals surface area contributed by atoms with E-state index in [0.29, 0.717) is 36.0 Å². The van der Waals surface area contributed by atoms with Crippen LogP contribution in [-0.4, -0.2) is 69.2 Å². The maximum Gasteiger partial charge on any atom is 0.406 e. The molecular weight excluding hydrogens is 618 g/mol. The van der Waals surface area contributed by atoms with Gasteiger partial charge in [0.2, 0.25) is 15.9 Å². The summed E-state index contributed by atoms with van der Waals surface area (Å²) in [7, 11) is -2.89. The van der Waals surface area contributed by atoms with Gasteiger partial charge >= 0.3 is 6.09 Å². The molecule has 250 valence electrons. The van der Waals surface area contributed by atoms with Crippen molar-refractivity contribution in [3.63, 3.8) is 0 Å². The summed E-state index contributed by atoms with van der Waals surface area (Å²) in [5.74, 6) is -2.43. The Bertz CT molecular complexity index is 1590. The Hall–Kier alpha value is -4.07. The zero-order valence-corrected chi connectivity index (χ0v) is 27.0. The first-order chi connectivity index (χ1) is 21.9. The molecule has 0 fully saturated rings. The minimum absolute atomic E-state index is 0.0632. The van der Waals surface area contributed by atoms with Gasteiger partial charge in [-0.2, -0.15) is 4.31 Å². The summed E-state index contributed by atoms with van der Waals surface area (Å²) in [6.07, 6.45) is 0.515. The Kier molecular flexibility index (Phi) is 13.5. The van der Waals surface area contributed by atoms with Crippen molar-refractivity contribution in [1.82, 2.24) is 14.9 Å². The molecule has 3 aromatic rings. The number of hydrogen-bond donors (Lipinski definition) is 4. The number of nitrogens with zero attached hydrogens (tertiary/aromatic N) is 1. The van der Waals surface area contributed by atoms with Gasteiger partial charge in [-0.1, -0.05) is 56.7 Å². The summed E-state index contributed by atoms with van der Waals surface area (Å²) >= 11 is 0. The van der Waals surface area contributed by atoms with Gasteiger partial charge in [0.25, 0.3) is 0 Å². The number of benzene rings is 3. The molecular formula is C33H42F2N4O6S. The average Bonchev–Trinajstić information content (AvgIpc) is 3.03. The molecule has 2 unspecified atom stereocenters. The van der Waals surface area contributed by atoms with Gasteiger partial charge in [-0.15, -0.1) is 0 Å². The highest BCUT2D eigenvalue weighted by molar-refractivity contribution is 7.89. The van der Waals surface area contributed by atoms with E-state index in [-0.39, 0.29) is 42.0 Å². The van der Waals surface area contributed by atoms with E-state index in [0.717, 1.165) is 18.2 Å². The van der Waals surface area contributed by atoms with E-state index in [4.69, 9.17) is 5.73 Å². The molecule has 0 aliphatic carbocycles. The highest BCUT2D eigenvalue weighted by Gasteiger charge is 2.32. The summed E-state index contributed by atoms with van der Waals surface area (Å²) in [5, 5.41) is 15.7. The SMILES string of the molecule is COC(=O)NCC(C(=O)NCCCCC(CO)N(CC(C)C)S(=O)(=O)c1ccc(F)c(N)c1)c1ccccc1-c1cccc(F)c1. The summed E-state index contributed by atoms with van der Waals surface area (Å²) in [6, 6.07) is 15.5. The molecule has 5 N–H and O–H groups in total. The second-order valence-corrected chi connectivity index (χ2v) is 13.2. The van der Waals surface area contributed by atoms with Crippen molar-refractivity contribution in [1.29, 1.82) is 0 Å². The quantitative estimate of drug-likeness (QED) is 0.129. The molecule has 0 bridgehead atoms. The number of amides is 2. The fraction of sp³-hybridized carbons (Fsp3) is 0.394. The first kappa shape index (κ1) is 36.4. The molecule has 2 amide bonds. The van der Waals surface area contributed by atoms with Crippen molar-refractivity contribution in [3.05, 3.63) is 83.9 Å². The lowest BCUT2D eigenvalue weighted by Gasteiger charge is -2.31. The topological polar surface area (TPSA) is 151 Å². The lowest BCUT2D eigenvalue weighted by molar-refractivity contribution is -0.122. The van der Waals surface area contributed by atoms with Crippen LogP contribution in [0.2, 0.25) is 0 Å². The predicted molar refractivity (Wildman–Crippen MR) is 172 cm³/mol. The number of nitrogens with two attached hydrogens (primary N) is 1. The second kappa shape index (κ2) is 17.0. The minimum Gasteiger partial charge on any atom is -0.453 e. The molecule has 3 aromatic carbocycles. The Morgan fingerprint density at radius 1 is 1.00 bits per heavy atom. The molecule has 0 heterocycles. The number of methoxy groups -OCH3 is 1. The monoisotopic (exact) mass is 660 g/mol. The Balaban J connectivity index is 1.71. The first-order valence-corrected chi connectivity index (χ1v) is 16.4. The summed E-state index contributed by atoms with van der Waals surface area (Å²) in [4.78, 5) is 25.2. The van der Waals surface area contributed by atoms with Gasteiger partial charge in [-0.25, -0.2) is 22.0 Å². The standard InChI is InChI=1S/C33H42F2N4O6S/c1-22(2)20-39(46(43,44)26-14-15-30(35)31(36)18-26)25(21-40)11-6-7-16-37-32(41)29(19-38-33(42)45-3)28-13-5-4-12-27(28)23-9-8-10-24(34)17-23/h4-5,8-10,12-15,17-18,22,25,29,40H,6-7,11,16,19-21,36H2,1-3H3,(H,37,41)(H,38,42). The molecule has 0 spiro atoms. The normalized spacial score (nSPS) is 13.0. The average molecular weight is 661 g/mol. The summed E-state index contributed by atoms with van der Waals surface area (Å²) in [5.41, 5.74) is 7.12. The summed E-state index contributed by atoms with van der Waals surface area (Å²) in [6.45, 7) is 3.55. The number of sulfonamides is 1. The van der Waals surface area contributed by atoms with Crippen molar-refractivity contribution in [3.8, 4) is 11.1 Å². The Morgan fingerprint density at radius 3 is 2.39 bits per heavy atom. The maximum atomic E-state index is 14.0. The van der Waals surface area contributed by atoms with Crippen molar-refractivity contribution in [2.24, 2.45) is 5.92 Å². The number of hydrogen-bond acceptors (Lipinski definition) is 7. The number of ether oxygens (including phenoxy) is 1. The van der Waals surface area contributed by atoms with Crippen molar-refractivity contribution < 1.29 is 36.6 Å². The van der Waals surface area contributed by atoms with Gasteiger partial charge in [0.05, 0.1) is 30.2 Å². The molecule has 13 heteroatoms. The van der Waals surface area contributed by atoms with E-state index in [1.165, 1.54) is 23.5 Å². The number of aliphatic hydroxyl groups is 1. The van der Waals surface area contributed by atoms with Crippen LogP contribution in [0.15, 0.2) is 71.6 Å². The largest absolute Gasteiger partial charge is 0.453 e. The van der Waals surface area contributed by atoms with E-state index in [1.807, 2.05) is 13.8 Å². The van der Waals surface area contributed by atoms with Crippen molar-refractivity contribution >= 4 is 27.7 Å². The van der Waals surface area contributed by atoms with Gasteiger partial charge in [-0.05, 0) is 65.8 Å². The van der Waals surface area contributed by atoms with E-state index < -0.39 is 46.3 Å². The van der Waals surface area contributed by atoms with E-state index >= 15 is 0 Å².